The summed E-state index contributed by atoms with van der Waals surface area (Å²) in [6.07, 6.45) is 0. The van der Waals surface area contributed by atoms with Crippen molar-refractivity contribution in [2.75, 3.05) is 26.7 Å². The lowest BCUT2D eigenvalue weighted by molar-refractivity contribution is -0.131. The minimum absolute atomic E-state index is 0.159. The van der Waals surface area contributed by atoms with Gasteiger partial charge in [-0.3, -0.25) is 9.69 Å². The number of rotatable bonds is 4. The van der Waals surface area contributed by atoms with Gasteiger partial charge in [-0.2, -0.15) is 0 Å². The highest BCUT2D eigenvalue weighted by molar-refractivity contribution is 5.78. The third-order valence-corrected chi connectivity index (χ3v) is 4.07. The molecule has 0 spiro atoms. The molecule has 0 radical (unpaired) electrons. The van der Waals surface area contributed by atoms with E-state index in [4.69, 9.17) is 5.73 Å². The van der Waals surface area contributed by atoms with Gasteiger partial charge in [-0.15, -0.1) is 0 Å². The number of likely N-dealkylation sites (N-methyl/N-ethyl adjacent to an activating group) is 1. The van der Waals surface area contributed by atoms with E-state index in [0.29, 0.717) is 19.0 Å². The van der Waals surface area contributed by atoms with E-state index in [-0.39, 0.29) is 11.9 Å². The van der Waals surface area contributed by atoms with Crippen LogP contribution in [0.5, 0.6) is 0 Å². The molecule has 0 bridgehead atoms. The van der Waals surface area contributed by atoms with Gasteiger partial charge in [-0.05, 0) is 18.4 Å². The van der Waals surface area contributed by atoms with E-state index in [9.17, 15) is 4.79 Å². The van der Waals surface area contributed by atoms with Crippen molar-refractivity contribution in [3.05, 3.63) is 35.4 Å². The fourth-order valence-corrected chi connectivity index (χ4v) is 2.59. The maximum Gasteiger partial charge on any atom is 0.236 e. The number of hydrogen-bond donors (Lipinski definition) is 1. The zero-order valence-corrected chi connectivity index (χ0v) is 12.7. The molecule has 1 aromatic carbocycles. The van der Waals surface area contributed by atoms with Gasteiger partial charge in [0, 0.05) is 32.7 Å². The Hall–Kier alpha value is -1.39. The fraction of sp³-hybridized carbons (Fsp3) is 0.562. The molecule has 1 aliphatic rings. The Balaban J connectivity index is 1.84. The van der Waals surface area contributed by atoms with Crippen molar-refractivity contribution in [1.29, 1.82) is 0 Å². The van der Waals surface area contributed by atoms with E-state index in [1.165, 1.54) is 5.56 Å². The summed E-state index contributed by atoms with van der Waals surface area (Å²) in [7, 11) is 1.86. The van der Waals surface area contributed by atoms with Crippen LogP contribution in [0, 0.1) is 12.8 Å². The van der Waals surface area contributed by atoms with Crippen LogP contribution in [0.1, 0.15) is 18.1 Å². The number of benzene rings is 1. The predicted molar refractivity (Wildman–Crippen MR) is 81.2 cm³/mol. The van der Waals surface area contributed by atoms with Crippen molar-refractivity contribution in [3.63, 3.8) is 0 Å². The van der Waals surface area contributed by atoms with E-state index in [1.807, 2.05) is 7.05 Å². The number of nitrogens with zero attached hydrogens (tertiary/aromatic N) is 2. The quantitative estimate of drug-likeness (QED) is 0.899. The Morgan fingerprint density at radius 3 is 2.55 bits per heavy atom. The molecule has 2 unspecified atom stereocenters. The Kier molecular flexibility index (Phi) is 4.78. The molecule has 0 aromatic heterocycles. The number of likely N-dealkylation sites (tertiary alicyclic amines) is 1. The van der Waals surface area contributed by atoms with Crippen molar-refractivity contribution in [2.24, 2.45) is 11.7 Å². The van der Waals surface area contributed by atoms with E-state index < -0.39 is 0 Å². The minimum Gasteiger partial charge on any atom is -0.340 e. The molecule has 1 amide bonds. The zero-order valence-electron chi connectivity index (χ0n) is 12.7. The van der Waals surface area contributed by atoms with E-state index in [2.05, 4.69) is 43.0 Å². The van der Waals surface area contributed by atoms with Crippen LogP contribution in [-0.4, -0.2) is 48.4 Å². The molecular weight excluding hydrogens is 250 g/mol. The summed E-state index contributed by atoms with van der Waals surface area (Å²) in [5, 5.41) is 0. The first-order valence-electron chi connectivity index (χ1n) is 7.23. The molecule has 1 aliphatic heterocycles. The lowest BCUT2D eigenvalue weighted by Crippen LogP contribution is -2.38. The highest BCUT2D eigenvalue weighted by Crippen LogP contribution is 2.14. The number of carbonyl (C=O) groups is 1. The second-order valence-corrected chi connectivity index (χ2v) is 6.07. The van der Waals surface area contributed by atoms with Gasteiger partial charge in [0.1, 0.15) is 0 Å². The maximum atomic E-state index is 12.2. The lowest BCUT2D eigenvalue weighted by atomic mass is 10.1. The normalized spacial score (nSPS) is 23.0. The van der Waals surface area contributed by atoms with Crippen LogP contribution in [0.15, 0.2) is 24.3 Å². The molecule has 1 saturated heterocycles. The number of nitrogens with two attached hydrogens (primary N) is 1. The lowest BCUT2D eigenvalue weighted by Gasteiger charge is -2.21. The van der Waals surface area contributed by atoms with Crippen LogP contribution < -0.4 is 5.73 Å². The Morgan fingerprint density at radius 1 is 1.35 bits per heavy atom. The summed E-state index contributed by atoms with van der Waals surface area (Å²) < 4.78 is 0. The number of hydrogen-bond acceptors (Lipinski definition) is 3. The minimum atomic E-state index is 0.159. The van der Waals surface area contributed by atoms with Gasteiger partial charge >= 0.3 is 0 Å². The van der Waals surface area contributed by atoms with Crippen LogP contribution in [0.4, 0.5) is 0 Å². The third kappa shape index (κ3) is 3.81. The molecule has 20 heavy (non-hydrogen) atoms. The molecule has 0 saturated carbocycles. The summed E-state index contributed by atoms with van der Waals surface area (Å²) >= 11 is 0. The summed E-state index contributed by atoms with van der Waals surface area (Å²) in [5.41, 5.74) is 8.40. The van der Waals surface area contributed by atoms with Gasteiger partial charge in [0.2, 0.25) is 5.91 Å². The standard InChI is InChI=1S/C16H25N3O/c1-12-4-6-14(7-5-12)9-18(3)16(20)11-19-8-13(2)15(17)10-19/h4-7,13,15H,8-11,17H2,1-3H3. The van der Waals surface area contributed by atoms with Crippen molar-refractivity contribution >= 4 is 5.91 Å². The number of amides is 1. The first-order valence-corrected chi connectivity index (χ1v) is 7.23. The Morgan fingerprint density at radius 2 is 2.00 bits per heavy atom. The number of carbonyl (C=O) groups excluding carboxylic acids is 1. The van der Waals surface area contributed by atoms with Gasteiger partial charge in [0.05, 0.1) is 6.54 Å². The van der Waals surface area contributed by atoms with Crippen LogP contribution >= 0.6 is 0 Å². The largest absolute Gasteiger partial charge is 0.340 e. The molecule has 4 heteroatoms. The summed E-state index contributed by atoms with van der Waals surface area (Å²) in [4.78, 5) is 16.2. The second kappa shape index (κ2) is 6.37. The molecule has 0 aliphatic carbocycles. The average Bonchev–Trinajstić information content (AvgIpc) is 2.71. The molecular formula is C16H25N3O. The van der Waals surface area contributed by atoms with E-state index in [1.54, 1.807) is 4.90 Å². The van der Waals surface area contributed by atoms with Crippen molar-refractivity contribution in [3.8, 4) is 0 Å². The zero-order chi connectivity index (χ0) is 14.7. The Labute approximate surface area is 121 Å². The molecule has 2 N–H and O–H groups in total. The van der Waals surface area contributed by atoms with E-state index in [0.717, 1.165) is 18.7 Å². The SMILES string of the molecule is Cc1ccc(CN(C)C(=O)CN2CC(C)C(N)C2)cc1. The van der Waals surface area contributed by atoms with Gasteiger partial charge in [0.25, 0.3) is 0 Å². The molecule has 1 heterocycles. The number of aryl methyl sites for hydroxylation is 1. The van der Waals surface area contributed by atoms with Crippen molar-refractivity contribution in [2.45, 2.75) is 26.4 Å². The second-order valence-electron chi connectivity index (χ2n) is 6.07. The highest BCUT2D eigenvalue weighted by atomic mass is 16.2. The van der Waals surface area contributed by atoms with Gasteiger partial charge < -0.3 is 10.6 Å². The summed E-state index contributed by atoms with van der Waals surface area (Å²) in [6, 6.07) is 8.51. The van der Waals surface area contributed by atoms with Crippen LogP contribution in [0.25, 0.3) is 0 Å². The van der Waals surface area contributed by atoms with Gasteiger partial charge in [-0.1, -0.05) is 36.8 Å². The van der Waals surface area contributed by atoms with Crippen LogP contribution in [0.3, 0.4) is 0 Å². The van der Waals surface area contributed by atoms with Crippen molar-refractivity contribution < 1.29 is 4.79 Å². The average molecular weight is 275 g/mol. The first kappa shape index (κ1) is 15.0. The molecule has 1 aromatic rings. The third-order valence-electron chi connectivity index (χ3n) is 4.07. The topological polar surface area (TPSA) is 49.6 Å². The van der Waals surface area contributed by atoms with Crippen LogP contribution in [0.2, 0.25) is 0 Å². The first-order chi connectivity index (χ1) is 9.45. The maximum absolute atomic E-state index is 12.2. The monoisotopic (exact) mass is 275 g/mol. The summed E-state index contributed by atoms with van der Waals surface area (Å²) in [6.45, 7) is 7.09. The highest BCUT2D eigenvalue weighted by Gasteiger charge is 2.28. The molecule has 4 nitrogen and oxygen atoms in total. The molecule has 110 valence electrons. The molecule has 2 atom stereocenters. The van der Waals surface area contributed by atoms with Gasteiger partial charge in [-0.25, -0.2) is 0 Å². The van der Waals surface area contributed by atoms with E-state index >= 15 is 0 Å². The molecule has 1 fully saturated rings. The van der Waals surface area contributed by atoms with Crippen molar-refractivity contribution in [1.82, 2.24) is 9.80 Å². The fourth-order valence-electron chi connectivity index (χ4n) is 2.59. The van der Waals surface area contributed by atoms with Gasteiger partial charge in [0.15, 0.2) is 0 Å². The smallest absolute Gasteiger partial charge is 0.236 e. The Bertz CT molecular complexity index is 447. The summed E-state index contributed by atoms with van der Waals surface area (Å²) in [5.74, 6) is 0.636. The predicted octanol–water partition coefficient (Wildman–Crippen LogP) is 1.23. The molecule has 2 rings (SSSR count). The van der Waals surface area contributed by atoms with Crippen LogP contribution in [-0.2, 0) is 11.3 Å².